The Morgan fingerprint density at radius 2 is 2.08 bits per heavy atom. The van der Waals surface area contributed by atoms with E-state index in [2.05, 4.69) is 5.10 Å². The van der Waals surface area contributed by atoms with E-state index in [0.29, 0.717) is 10.9 Å². The lowest BCUT2D eigenvalue weighted by atomic mass is 10.1. The van der Waals surface area contributed by atoms with Crippen LogP contribution in [0.3, 0.4) is 0 Å². The highest BCUT2D eigenvalue weighted by atomic mass is 32.2. The summed E-state index contributed by atoms with van der Waals surface area (Å²) in [7, 11) is 0. The van der Waals surface area contributed by atoms with Gasteiger partial charge >= 0.3 is 0 Å². The van der Waals surface area contributed by atoms with E-state index in [4.69, 9.17) is 11.6 Å². The van der Waals surface area contributed by atoms with Crippen LogP contribution in [0.25, 0.3) is 0 Å². The second-order valence-electron chi connectivity index (χ2n) is 3.19. The Balaban J connectivity index is 2.30. The minimum atomic E-state index is -0.528. The molecule has 0 aliphatic heterocycles. The Labute approximate surface area is 76.4 Å². The third-order valence-corrected chi connectivity index (χ3v) is 3.23. The zero-order valence-electron chi connectivity index (χ0n) is 6.99. The average Bonchev–Trinajstić information content (AvgIpc) is 2.49. The largest absolute Gasteiger partial charge is 0.389 e. The summed E-state index contributed by atoms with van der Waals surface area (Å²) in [4.78, 5) is 0. The second-order valence-corrected chi connectivity index (χ2v) is 4.18. The van der Waals surface area contributed by atoms with Gasteiger partial charge in [0.15, 0.2) is 5.17 Å². The number of amidine groups is 1. The summed E-state index contributed by atoms with van der Waals surface area (Å²) >= 11 is 1.33. The minimum Gasteiger partial charge on any atom is -0.389 e. The third-order valence-electron chi connectivity index (χ3n) is 2.15. The van der Waals surface area contributed by atoms with Crippen LogP contribution in [-0.4, -0.2) is 21.6 Å². The van der Waals surface area contributed by atoms with Gasteiger partial charge in [0, 0.05) is 5.75 Å². The fourth-order valence-electron chi connectivity index (χ4n) is 1.42. The van der Waals surface area contributed by atoms with Crippen molar-refractivity contribution in [3.8, 4) is 0 Å². The molecule has 70 valence electrons. The molecule has 1 aliphatic carbocycles. The summed E-state index contributed by atoms with van der Waals surface area (Å²) in [5.74, 6) is 5.57. The van der Waals surface area contributed by atoms with Crippen molar-refractivity contribution in [1.29, 1.82) is 0 Å². The van der Waals surface area contributed by atoms with E-state index in [-0.39, 0.29) is 0 Å². The van der Waals surface area contributed by atoms with Crippen molar-refractivity contribution in [2.75, 3.05) is 5.75 Å². The summed E-state index contributed by atoms with van der Waals surface area (Å²) in [6.45, 7) is 0. The van der Waals surface area contributed by atoms with Crippen molar-refractivity contribution in [2.45, 2.75) is 31.3 Å². The van der Waals surface area contributed by atoms with Gasteiger partial charge in [-0.15, -0.1) is 0 Å². The zero-order valence-corrected chi connectivity index (χ0v) is 7.81. The van der Waals surface area contributed by atoms with Crippen LogP contribution in [0.15, 0.2) is 5.10 Å². The molecule has 0 saturated heterocycles. The molecular weight excluding hydrogens is 174 g/mol. The molecule has 1 saturated carbocycles. The van der Waals surface area contributed by atoms with Crippen molar-refractivity contribution in [1.82, 2.24) is 0 Å². The van der Waals surface area contributed by atoms with Crippen molar-refractivity contribution in [3.05, 3.63) is 0 Å². The Hall–Kier alpha value is -0.420. The smallest absolute Gasteiger partial charge is 0.177 e. The second kappa shape index (κ2) is 4.00. The van der Waals surface area contributed by atoms with Crippen LogP contribution in [0.1, 0.15) is 25.7 Å². The molecule has 0 amide bonds. The molecule has 12 heavy (non-hydrogen) atoms. The molecule has 0 bridgehead atoms. The number of hydrogen-bond acceptors (Lipinski definition) is 4. The number of hydrazone groups is 1. The summed E-state index contributed by atoms with van der Waals surface area (Å²) in [6.07, 6.45) is 3.96. The fraction of sp³-hybridized carbons (Fsp3) is 0.857. The topological polar surface area (TPSA) is 84.6 Å². The summed E-state index contributed by atoms with van der Waals surface area (Å²) in [5, 5.41) is 13.5. The van der Waals surface area contributed by atoms with Gasteiger partial charge in [0.25, 0.3) is 0 Å². The first-order chi connectivity index (χ1) is 5.66. The molecule has 0 aromatic carbocycles. The molecule has 1 aliphatic rings. The van der Waals surface area contributed by atoms with E-state index in [9.17, 15) is 5.11 Å². The highest BCUT2D eigenvalue weighted by molar-refractivity contribution is 8.13. The Kier molecular flexibility index (Phi) is 3.22. The van der Waals surface area contributed by atoms with Gasteiger partial charge in [-0.05, 0) is 12.8 Å². The molecule has 0 aromatic heterocycles. The summed E-state index contributed by atoms with van der Waals surface area (Å²) in [6, 6.07) is 0. The first kappa shape index (κ1) is 9.67. The lowest BCUT2D eigenvalue weighted by Crippen LogP contribution is -2.29. The van der Waals surface area contributed by atoms with Gasteiger partial charge in [-0.1, -0.05) is 24.6 Å². The predicted octanol–water partition coefficient (Wildman–Crippen LogP) is 0.213. The molecule has 0 aromatic rings. The van der Waals surface area contributed by atoms with E-state index < -0.39 is 5.60 Å². The standard InChI is InChI=1S/C7H15N3OS/c8-6(10-9)12-5-7(11)3-1-2-4-7/h11H,1-5,9H2,(H2,8,10). The number of nitrogens with zero attached hydrogens (tertiary/aromatic N) is 1. The maximum absolute atomic E-state index is 9.86. The van der Waals surface area contributed by atoms with Crippen molar-refractivity contribution in [3.63, 3.8) is 0 Å². The quantitative estimate of drug-likeness (QED) is 0.251. The average molecular weight is 189 g/mol. The predicted molar refractivity (Wildman–Crippen MR) is 51.7 cm³/mol. The SMILES string of the molecule is NN=C(N)SCC1(O)CCCC1. The van der Waals surface area contributed by atoms with Crippen LogP contribution in [0.2, 0.25) is 0 Å². The maximum Gasteiger partial charge on any atom is 0.177 e. The van der Waals surface area contributed by atoms with E-state index in [1.54, 1.807) is 0 Å². The van der Waals surface area contributed by atoms with Gasteiger partial charge in [-0.2, -0.15) is 5.10 Å². The maximum atomic E-state index is 9.86. The molecule has 1 fully saturated rings. The highest BCUT2D eigenvalue weighted by Crippen LogP contribution is 2.32. The number of hydrogen-bond donors (Lipinski definition) is 3. The highest BCUT2D eigenvalue weighted by Gasteiger charge is 2.31. The molecular formula is C7H15N3OS. The van der Waals surface area contributed by atoms with Gasteiger partial charge < -0.3 is 16.7 Å². The van der Waals surface area contributed by atoms with Gasteiger partial charge in [0.2, 0.25) is 0 Å². The van der Waals surface area contributed by atoms with Gasteiger partial charge in [-0.25, -0.2) is 0 Å². The Bertz CT molecular complexity index is 177. The van der Waals surface area contributed by atoms with Crippen LogP contribution in [-0.2, 0) is 0 Å². The van der Waals surface area contributed by atoms with Crippen molar-refractivity contribution in [2.24, 2.45) is 16.7 Å². The fourth-order valence-corrected chi connectivity index (χ4v) is 2.20. The summed E-state index contributed by atoms with van der Waals surface area (Å²) in [5.41, 5.74) is 4.86. The molecule has 5 N–H and O–H groups in total. The number of thioether (sulfide) groups is 1. The molecule has 0 radical (unpaired) electrons. The third kappa shape index (κ3) is 2.57. The minimum absolute atomic E-state index is 0.343. The Morgan fingerprint density at radius 1 is 1.50 bits per heavy atom. The summed E-state index contributed by atoms with van der Waals surface area (Å²) < 4.78 is 0. The van der Waals surface area contributed by atoms with E-state index >= 15 is 0 Å². The van der Waals surface area contributed by atoms with Crippen LogP contribution >= 0.6 is 11.8 Å². The lowest BCUT2D eigenvalue weighted by molar-refractivity contribution is 0.0734. The number of nitrogens with two attached hydrogens (primary N) is 2. The molecule has 0 heterocycles. The van der Waals surface area contributed by atoms with E-state index in [1.165, 1.54) is 11.8 Å². The monoisotopic (exact) mass is 189 g/mol. The van der Waals surface area contributed by atoms with Crippen LogP contribution < -0.4 is 11.6 Å². The first-order valence-corrected chi connectivity index (χ1v) is 5.03. The first-order valence-electron chi connectivity index (χ1n) is 4.05. The van der Waals surface area contributed by atoms with Crippen LogP contribution in [0, 0.1) is 0 Å². The number of rotatable bonds is 2. The van der Waals surface area contributed by atoms with Crippen molar-refractivity contribution < 1.29 is 5.11 Å². The van der Waals surface area contributed by atoms with Crippen LogP contribution in [0.5, 0.6) is 0 Å². The number of aliphatic hydroxyl groups is 1. The van der Waals surface area contributed by atoms with Gasteiger partial charge in [-0.3, -0.25) is 0 Å². The molecule has 0 atom stereocenters. The van der Waals surface area contributed by atoms with Crippen molar-refractivity contribution >= 4 is 16.9 Å². The lowest BCUT2D eigenvalue weighted by Gasteiger charge is -2.20. The zero-order chi connectivity index (χ0) is 9.03. The van der Waals surface area contributed by atoms with Crippen LogP contribution in [0.4, 0.5) is 0 Å². The normalized spacial score (nSPS) is 22.9. The van der Waals surface area contributed by atoms with Gasteiger partial charge in [0.1, 0.15) is 0 Å². The molecule has 0 unspecified atom stereocenters. The Morgan fingerprint density at radius 3 is 2.58 bits per heavy atom. The molecule has 0 spiro atoms. The molecule has 4 nitrogen and oxygen atoms in total. The molecule has 5 heteroatoms. The van der Waals surface area contributed by atoms with E-state index in [1.807, 2.05) is 0 Å². The molecule has 1 rings (SSSR count). The van der Waals surface area contributed by atoms with Gasteiger partial charge in [0.05, 0.1) is 5.60 Å². The van der Waals surface area contributed by atoms with E-state index in [0.717, 1.165) is 25.7 Å².